The topological polar surface area (TPSA) is 63.0 Å². The monoisotopic (exact) mass is 383 g/mol. The Bertz CT molecular complexity index is 1100. The molecular weight excluding hydrogens is 362 g/mol. The Kier molecular flexibility index (Phi) is 5.20. The molecule has 0 radical (unpaired) electrons. The molecule has 0 bridgehead atoms. The first-order valence-electron chi connectivity index (χ1n) is 9.39. The molecule has 144 valence electrons. The molecule has 5 nitrogen and oxygen atoms in total. The summed E-state index contributed by atoms with van der Waals surface area (Å²) in [5.41, 5.74) is 3.91. The summed E-state index contributed by atoms with van der Waals surface area (Å²) in [6, 6.07) is 24.7. The molecule has 1 heterocycles. The smallest absolute Gasteiger partial charge is 0.256 e. The zero-order valence-corrected chi connectivity index (χ0v) is 16.3. The summed E-state index contributed by atoms with van der Waals surface area (Å²) < 4.78 is 5.24. The highest BCUT2D eigenvalue weighted by Crippen LogP contribution is 2.34. The molecule has 0 saturated carbocycles. The summed E-state index contributed by atoms with van der Waals surface area (Å²) in [4.78, 5) is 22.6. The van der Waals surface area contributed by atoms with E-state index < -0.39 is 0 Å². The van der Waals surface area contributed by atoms with Crippen molar-refractivity contribution in [1.29, 1.82) is 0 Å². The van der Waals surface area contributed by atoms with Crippen LogP contribution >= 0.6 is 0 Å². The molecule has 3 aromatic carbocycles. The van der Waals surface area contributed by atoms with Crippen LogP contribution in [0, 0.1) is 0 Å². The van der Waals surface area contributed by atoms with Gasteiger partial charge in [-0.25, -0.2) is 4.99 Å². The number of methoxy groups -OCH3 is 1. The number of benzene rings is 3. The highest BCUT2D eigenvalue weighted by Gasteiger charge is 2.26. The molecule has 5 heteroatoms. The fraction of sp³-hybridized carbons (Fsp3) is 0.125. The number of amides is 1. The summed E-state index contributed by atoms with van der Waals surface area (Å²) in [5, 5.41) is 3.02. The highest BCUT2D eigenvalue weighted by atomic mass is 16.5. The molecule has 1 atom stereocenters. The first kappa shape index (κ1) is 18.6. The molecule has 0 fully saturated rings. The van der Waals surface area contributed by atoms with E-state index in [0.29, 0.717) is 17.1 Å². The van der Waals surface area contributed by atoms with Gasteiger partial charge in [0.1, 0.15) is 11.6 Å². The molecule has 29 heavy (non-hydrogen) atoms. The second-order valence-electron chi connectivity index (χ2n) is 6.77. The lowest BCUT2D eigenvalue weighted by atomic mass is 9.93. The van der Waals surface area contributed by atoms with E-state index in [2.05, 4.69) is 5.32 Å². The van der Waals surface area contributed by atoms with Crippen molar-refractivity contribution < 1.29 is 9.53 Å². The molecule has 0 aromatic heterocycles. The van der Waals surface area contributed by atoms with Crippen molar-refractivity contribution in [1.82, 2.24) is 5.32 Å². The molecule has 0 saturated heterocycles. The van der Waals surface area contributed by atoms with Gasteiger partial charge in [-0.2, -0.15) is 0 Å². The van der Waals surface area contributed by atoms with Gasteiger partial charge in [0, 0.05) is 11.3 Å². The summed E-state index contributed by atoms with van der Waals surface area (Å²) in [6.07, 6.45) is 0. The molecule has 0 aliphatic carbocycles. The van der Waals surface area contributed by atoms with Crippen LogP contribution in [0.3, 0.4) is 0 Å². The van der Waals surface area contributed by atoms with Crippen LogP contribution in [0.1, 0.15) is 28.8 Å². The molecular formula is C24H21N3O2. The van der Waals surface area contributed by atoms with Crippen LogP contribution in [0.2, 0.25) is 0 Å². The summed E-state index contributed by atoms with van der Waals surface area (Å²) >= 11 is 0. The lowest BCUT2D eigenvalue weighted by molar-refractivity contribution is 0.0976. The largest absolute Gasteiger partial charge is 0.497 e. The number of rotatable bonds is 3. The predicted molar refractivity (Wildman–Crippen MR) is 116 cm³/mol. The van der Waals surface area contributed by atoms with Crippen LogP contribution in [0.25, 0.3) is 0 Å². The van der Waals surface area contributed by atoms with Crippen LogP contribution in [0.5, 0.6) is 5.75 Å². The van der Waals surface area contributed by atoms with Gasteiger partial charge in [-0.15, -0.1) is 0 Å². The van der Waals surface area contributed by atoms with Crippen LogP contribution in [-0.4, -0.2) is 24.6 Å². The van der Waals surface area contributed by atoms with Crippen LogP contribution in [-0.2, 0) is 0 Å². The van der Waals surface area contributed by atoms with Crippen LogP contribution in [0.4, 0.5) is 11.4 Å². The van der Waals surface area contributed by atoms with Crippen molar-refractivity contribution in [2.24, 2.45) is 9.98 Å². The SMILES string of the molecule is COc1cccc(C(=O)NC2=Nc3ccccc3N=C(C)[C@H]2c2ccccc2)c1. The molecule has 1 amide bonds. The normalized spacial score (nSPS) is 15.4. The van der Waals surface area contributed by atoms with Crippen molar-refractivity contribution in [3.05, 3.63) is 90.0 Å². The van der Waals surface area contributed by atoms with Gasteiger partial charge in [-0.05, 0) is 42.8 Å². The zero-order chi connectivity index (χ0) is 20.2. The minimum Gasteiger partial charge on any atom is -0.497 e. The summed E-state index contributed by atoms with van der Waals surface area (Å²) in [5.74, 6) is 0.687. The van der Waals surface area contributed by atoms with Crippen LogP contribution < -0.4 is 10.1 Å². The Balaban J connectivity index is 1.77. The molecule has 1 N–H and O–H groups in total. The number of amidine groups is 1. The van der Waals surface area contributed by atoms with E-state index in [-0.39, 0.29) is 11.8 Å². The quantitative estimate of drug-likeness (QED) is 0.688. The molecule has 0 unspecified atom stereocenters. The van der Waals surface area contributed by atoms with Crippen molar-refractivity contribution in [3.63, 3.8) is 0 Å². The maximum Gasteiger partial charge on any atom is 0.256 e. The number of aliphatic imine (C=N–C) groups is 2. The van der Waals surface area contributed by atoms with Gasteiger partial charge in [-0.3, -0.25) is 9.79 Å². The lowest BCUT2D eigenvalue weighted by Crippen LogP contribution is -2.37. The van der Waals surface area contributed by atoms with Crippen molar-refractivity contribution in [3.8, 4) is 5.75 Å². The highest BCUT2D eigenvalue weighted by molar-refractivity contribution is 6.19. The fourth-order valence-electron chi connectivity index (χ4n) is 3.40. The number of ether oxygens (including phenoxy) is 1. The number of carbonyl (C=O) groups is 1. The predicted octanol–water partition coefficient (Wildman–Crippen LogP) is 5.05. The minimum atomic E-state index is -0.252. The van der Waals surface area contributed by atoms with Gasteiger partial charge in [0.2, 0.25) is 0 Å². The van der Waals surface area contributed by atoms with E-state index in [4.69, 9.17) is 14.7 Å². The molecule has 1 aliphatic rings. The number of hydrogen-bond donors (Lipinski definition) is 1. The Hall–Kier alpha value is -3.73. The van der Waals surface area contributed by atoms with Gasteiger partial charge >= 0.3 is 0 Å². The first-order chi connectivity index (χ1) is 14.2. The first-order valence-corrected chi connectivity index (χ1v) is 9.39. The van der Waals surface area contributed by atoms with Gasteiger partial charge in [0.25, 0.3) is 5.91 Å². The minimum absolute atomic E-state index is 0.240. The number of fused-ring (bicyclic) bond motifs is 1. The molecule has 3 aromatic rings. The van der Waals surface area contributed by atoms with Crippen molar-refractivity contribution in [2.45, 2.75) is 12.8 Å². The van der Waals surface area contributed by atoms with Crippen molar-refractivity contribution >= 4 is 28.8 Å². The van der Waals surface area contributed by atoms with E-state index in [1.54, 1.807) is 31.4 Å². The second-order valence-corrected chi connectivity index (χ2v) is 6.77. The Morgan fingerprint density at radius 1 is 0.897 bits per heavy atom. The molecule has 0 spiro atoms. The van der Waals surface area contributed by atoms with E-state index in [9.17, 15) is 4.79 Å². The van der Waals surface area contributed by atoms with Crippen LogP contribution in [0.15, 0.2) is 88.8 Å². The Labute approximate surface area is 169 Å². The van der Waals surface area contributed by atoms with E-state index >= 15 is 0 Å². The van der Waals surface area contributed by atoms with E-state index in [1.807, 2.05) is 61.5 Å². The standard InChI is InChI=1S/C24H21N3O2/c1-16-22(17-9-4-3-5-10-17)23(26-21-14-7-6-13-20(21)25-16)27-24(28)18-11-8-12-19(15-18)29-2/h3-15,22H,1-2H3,(H,26,27,28)/t22-/m0/s1. The molecule has 1 aliphatic heterocycles. The van der Waals surface area contributed by atoms with E-state index in [1.165, 1.54) is 0 Å². The number of carbonyl (C=O) groups excluding carboxylic acids is 1. The van der Waals surface area contributed by atoms with Crippen molar-refractivity contribution in [2.75, 3.05) is 7.11 Å². The van der Waals surface area contributed by atoms with E-state index in [0.717, 1.165) is 22.6 Å². The van der Waals surface area contributed by atoms with Gasteiger partial charge < -0.3 is 10.1 Å². The number of hydrogen-bond acceptors (Lipinski definition) is 4. The summed E-state index contributed by atoms with van der Waals surface area (Å²) in [7, 11) is 1.58. The maximum atomic E-state index is 13.0. The lowest BCUT2D eigenvalue weighted by Gasteiger charge is -2.19. The number of nitrogens with one attached hydrogen (secondary N) is 1. The summed E-state index contributed by atoms with van der Waals surface area (Å²) in [6.45, 7) is 1.97. The number of para-hydroxylation sites is 2. The maximum absolute atomic E-state index is 13.0. The average Bonchev–Trinajstić information content (AvgIpc) is 2.89. The fourth-order valence-corrected chi connectivity index (χ4v) is 3.40. The average molecular weight is 383 g/mol. The number of nitrogens with zero attached hydrogens (tertiary/aromatic N) is 2. The Morgan fingerprint density at radius 3 is 2.31 bits per heavy atom. The third-order valence-corrected chi connectivity index (χ3v) is 4.82. The van der Waals surface area contributed by atoms with Gasteiger partial charge in [0.15, 0.2) is 0 Å². The van der Waals surface area contributed by atoms with Gasteiger partial charge in [-0.1, -0.05) is 48.5 Å². The Morgan fingerprint density at radius 2 is 1.59 bits per heavy atom. The third-order valence-electron chi connectivity index (χ3n) is 4.82. The molecule has 4 rings (SSSR count). The third kappa shape index (κ3) is 3.94. The van der Waals surface area contributed by atoms with Gasteiger partial charge in [0.05, 0.1) is 24.4 Å². The second kappa shape index (κ2) is 8.10. The zero-order valence-electron chi connectivity index (χ0n) is 16.3.